The highest BCUT2D eigenvalue weighted by atomic mass is 35.5. The zero-order valence-corrected chi connectivity index (χ0v) is 15.2. The highest BCUT2D eigenvalue weighted by Gasteiger charge is 2.38. The van der Waals surface area contributed by atoms with E-state index < -0.39 is 5.41 Å². The number of carbonyl (C=O) groups is 2. The van der Waals surface area contributed by atoms with Gasteiger partial charge in [-0.1, -0.05) is 24.9 Å². The van der Waals surface area contributed by atoms with E-state index in [-0.39, 0.29) is 11.8 Å². The number of anilines is 1. The van der Waals surface area contributed by atoms with E-state index in [2.05, 4.69) is 12.2 Å². The lowest BCUT2D eigenvalue weighted by molar-refractivity contribution is -0.145. The third-order valence-electron chi connectivity index (χ3n) is 3.71. The minimum absolute atomic E-state index is 0.206. The summed E-state index contributed by atoms with van der Waals surface area (Å²) in [4.78, 5) is 26.6. The number of nitrogens with zero attached hydrogens (tertiary/aromatic N) is 1. The molecule has 0 bridgehead atoms. The Kier molecular flexibility index (Phi) is 6.88. The van der Waals surface area contributed by atoms with Crippen LogP contribution in [0.1, 0.15) is 33.6 Å². The molecule has 0 aliphatic heterocycles. The van der Waals surface area contributed by atoms with Crippen LogP contribution in [0.3, 0.4) is 0 Å². The van der Waals surface area contributed by atoms with Gasteiger partial charge in [0.1, 0.15) is 11.2 Å². The van der Waals surface area contributed by atoms with Crippen LogP contribution >= 0.6 is 11.6 Å². The van der Waals surface area contributed by atoms with E-state index >= 15 is 0 Å². The Bertz CT molecular complexity index is 573. The summed E-state index contributed by atoms with van der Waals surface area (Å²) < 4.78 is 5.07. The first-order chi connectivity index (χ1) is 10.7. The van der Waals surface area contributed by atoms with Gasteiger partial charge in [-0.25, -0.2) is 0 Å². The van der Waals surface area contributed by atoms with Crippen LogP contribution in [0.4, 0.5) is 5.69 Å². The standard InChI is InChI=1S/C17H25ClN2O3/c1-6-7-10-20(4)16(22)17(2,3)15(21)19-12-8-9-14(23-5)13(18)11-12/h8-9,11H,6-7,10H2,1-5H3,(H,19,21). The van der Waals surface area contributed by atoms with Crippen molar-refractivity contribution in [3.8, 4) is 5.75 Å². The van der Waals surface area contributed by atoms with Crippen molar-refractivity contribution in [1.82, 2.24) is 4.90 Å². The van der Waals surface area contributed by atoms with Crippen molar-refractivity contribution in [3.63, 3.8) is 0 Å². The van der Waals surface area contributed by atoms with E-state index in [0.717, 1.165) is 12.8 Å². The molecule has 0 atom stereocenters. The summed E-state index contributed by atoms with van der Waals surface area (Å²) in [5.41, 5.74) is -0.632. The van der Waals surface area contributed by atoms with Gasteiger partial charge in [-0.3, -0.25) is 9.59 Å². The monoisotopic (exact) mass is 340 g/mol. The summed E-state index contributed by atoms with van der Waals surface area (Å²) in [7, 11) is 3.24. The molecule has 0 unspecified atom stereocenters. The first kappa shape index (κ1) is 19.3. The van der Waals surface area contributed by atoms with Gasteiger partial charge in [0.05, 0.1) is 12.1 Å². The first-order valence-corrected chi connectivity index (χ1v) is 8.02. The molecule has 5 nitrogen and oxygen atoms in total. The molecular weight excluding hydrogens is 316 g/mol. The molecule has 128 valence electrons. The summed E-state index contributed by atoms with van der Waals surface area (Å²) >= 11 is 6.05. The topological polar surface area (TPSA) is 58.6 Å². The SMILES string of the molecule is CCCCN(C)C(=O)C(C)(C)C(=O)Nc1ccc(OC)c(Cl)c1. The number of methoxy groups -OCH3 is 1. The molecule has 1 aromatic rings. The van der Waals surface area contributed by atoms with Crippen LogP contribution in [-0.2, 0) is 9.59 Å². The maximum Gasteiger partial charge on any atom is 0.239 e. The fraction of sp³-hybridized carbons (Fsp3) is 0.529. The zero-order valence-electron chi connectivity index (χ0n) is 14.4. The van der Waals surface area contributed by atoms with Gasteiger partial charge in [0.25, 0.3) is 0 Å². The zero-order chi connectivity index (χ0) is 17.6. The van der Waals surface area contributed by atoms with Crippen LogP contribution in [0, 0.1) is 5.41 Å². The predicted molar refractivity (Wildman–Crippen MR) is 93.0 cm³/mol. The highest BCUT2D eigenvalue weighted by molar-refractivity contribution is 6.32. The van der Waals surface area contributed by atoms with Gasteiger partial charge in [-0.05, 0) is 38.5 Å². The average Bonchev–Trinajstić information content (AvgIpc) is 2.51. The number of unbranched alkanes of at least 4 members (excludes halogenated alkanes) is 1. The molecular formula is C17H25ClN2O3. The molecule has 1 aromatic carbocycles. The smallest absolute Gasteiger partial charge is 0.239 e. The number of halogens is 1. The molecule has 0 aromatic heterocycles. The molecule has 0 saturated heterocycles. The molecule has 0 aliphatic rings. The van der Waals surface area contributed by atoms with Gasteiger partial charge < -0.3 is 15.0 Å². The van der Waals surface area contributed by atoms with Crippen molar-refractivity contribution in [1.29, 1.82) is 0 Å². The summed E-state index contributed by atoms with van der Waals surface area (Å²) in [6.45, 7) is 5.94. The number of benzene rings is 1. The largest absolute Gasteiger partial charge is 0.495 e. The average molecular weight is 341 g/mol. The lowest BCUT2D eigenvalue weighted by Crippen LogP contribution is -2.46. The quantitative estimate of drug-likeness (QED) is 0.772. The van der Waals surface area contributed by atoms with E-state index in [9.17, 15) is 9.59 Å². The molecule has 2 amide bonds. The van der Waals surface area contributed by atoms with Crippen LogP contribution in [0.2, 0.25) is 5.02 Å². The van der Waals surface area contributed by atoms with Crippen molar-refractivity contribution < 1.29 is 14.3 Å². The summed E-state index contributed by atoms with van der Waals surface area (Å²) in [5, 5.41) is 3.14. The van der Waals surface area contributed by atoms with Gasteiger partial charge in [-0.15, -0.1) is 0 Å². The number of amides is 2. The maximum absolute atomic E-state index is 12.5. The van der Waals surface area contributed by atoms with Crippen molar-refractivity contribution in [3.05, 3.63) is 23.2 Å². The van der Waals surface area contributed by atoms with E-state index in [1.165, 1.54) is 7.11 Å². The van der Waals surface area contributed by atoms with Gasteiger partial charge in [0, 0.05) is 19.3 Å². The first-order valence-electron chi connectivity index (χ1n) is 7.64. The van der Waals surface area contributed by atoms with Crippen molar-refractivity contribution in [2.45, 2.75) is 33.6 Å². The summed E-state index contributed by atoms with van der Waals surface area (Å²) in [6, 6.07) is 4.95. The lowest BCUT2D eigenvalue weighted by atomic mass is 9.90. The molecule has 1 rings (SSSR count). The van der Waals surface area contributed by atoms with E-state index in [0.29, 0.717) is 23.0 Å². The molecule has 0 heterocycles. The minimum atomic E-state index is -1.16. The van der Waals surface area contributed by atoms with Gasteiger partial charge >= 0.3 is 0 Å². The predicted octanol–water partition coefficient (Wildman–Crippen LogP) is 3.57. The van der Waals surface area contributed by atoms with Gasteiger partial charge in [0.2, 0.25) is 11.8 Å². The third kappa shape index (κ3) is 4.86. The molecule has 0 aliphatic carbocycles. The van der Waals surface area contributed by atoms with Crippen molar-refractivity contribution in [2.24, 2.45) is 5.41 Å². The number of hydrogen-bond acceptors (Lipinski definition) is 3. The Labute approximate surface area is 142 Å². The second-order valence-electron chi connectivity index (χ2n) is 6.01. The van der Waals surface area contributed by atoms with E-state index in [1.54, 1.807) is 44.0 Å². The molecule has 6 heteroatoms. The molecule has 23 heavy (non-hydrogen) atoms. The molecule has 0 fully saturated rings. The fourth-order valence-corrected chi connectivity index (χ4v) is 2.36. The summed E-state index contributed by atoms with van der Waals surface area (Å²) in [6.07, 6.45) is 1.91. The second kappa shape index (κ2) is 8.20. The Morgan fingerprint density at radius 1 is 1.35 bits per heavy atom. The van der Waals surface area contributed by atoms with Gasteiger partial charge in [-0.2, -0.15) is 0 Å². The Morgan fingerprint density at radius 3 is 2.52 bits per heavy atom. The normalized spacial score (nSPS) is 11.0. The maximum atomic E-state index is 12.5. The van der Waals surface area contributed by atoms with E-state index in [1.807, 2.05) is 0 Å². The molecule has 0 spiro atoms. The second-order valence-corrected chi connectivity index (χ2v) is 6.42. The number of rotatable bonds is 7. The third-order valence-corrected chi connectivity index (χ3v) is 4.00. The van der Waals surface area contributed by atoms with Crippen molar-refractivity contribution >= 4 is 29.1 Å². The van der Waals surface area contributed by atoms with E-state index in [4.69, 9.17) is 16.3 Å². The lowest BCUT2D eigenvalue weighted by Gasteiger charge is -2.28. The molecule has 1 N–H and O–H groups in total. The number of carbonyl (C=O) groups excluding carboxylic acids is 2. The fourth-order valence-electron chi connectivity index (χ4n) is 2.10. The Hall–Kier alpha value is -1.75. The van der Waals surface area contributed by atoms with Crippen LogP contribution in [-0.4, -0.2) is 37.4 Å². The Balaban J connectivity index is 2.82. The number of hydrogen-bond donors (Lipinski definition) is 1. The van der Waals surface area contributed by atoms with Crippen LogP contribution < -0.4 is 10.1 Å². The molecule has 0 saturated carbocycles. The van der Waals surface area contributed by atoms with Crippen molar-refractivity contribution in [2.75, 3.05) is 26.0 Å². The number of nitrogens with one attached hydrogen (secondary N) is 1. The van der Waals surface area contributed by atoms with Crippen LogP contribution in [0.5, 0.6) is 5.75 Å². The minimum Gasteiger partial charge on any atom is -0.495 e. The summed E-state index contributed by atoms with van der Waals surface area (Å²) in [5.74, 6) is -0.0468. The van der Waals surface area contributed by atoms with Gasteiger partial charge in [0.15, 0.2) is 0 Å². The number of ether oxygens (including phenoxy) is 1. The Morgan fingerprint density at radius 2 is 2.00 bits per heavy atom. The molecule has 0 radical (unpaired) electrons. The highest BCUT2D eigenvalue weighted by Crippen LogP contribution is 2.28. The van der Waals surface area contributed by atoms with Crippen LogP contribution in [0.25, 0.3) is 0 Å². The van der Waals surface area contributed by atoms with Crippen LogP contribution in [0.15, 0.2) is 18.2 Å².